The molecule has 212 valence electrons. The van der Waals surface area contributed by atoms with Gasteiger partial charge in [0.1, 0.15) is 5.76 Å². The van der Waals surface area contributed by atoms with Gasteiger partial charge in [-0.1, -0.05) is 89.2 Å². The lowest BCUT2D eigenvalue weighted by Crippen LogP contribution is -2.18. The zero-order chi connectivity index (χ0) is 26.8. The highest BCUT2D eigenvalue weighted by atomic mass is 16.5. The quantitative estimate of drug-likeness (QED) is 0.287. The SMILES string of the molecule is O=C(O)C(/C1=C/CCCCCCCC1)=C(C(=O)O/C1=C/CCCCCCCC1)\C1=C\CCCCCCCC1. The van der Waals surface area contributed by atoms with Gasteiger partial charge in [0.25, 0.3) is 0 Å². The molecular formula is C34H52O4. The van der Waals surface area contributed by atoms with Crippen LogP contribution in [0.3, 0.4) is 0 Å². The summed E-state index contributed by atoms with van der Waals surface area (Å²) in [5.41, 5.74) is 2.27. The molecule has 0 aliphatic heterocycles. The number of allylic oxidation sites excluding steroid dienone is 4. The molecule has 4 nitrogen and oxygen atoms in total. The molecule has 0 amide bonds. The molecule has 0 aromatic rings. The van der Waals surface area contributed by atoms with Gasteiger partial charge >= 0.3 is 11.9 Å². The van der Waals surface area contributed by atoms with Crippen molar-refractivity contribution in [2.45, 2.75) is 154 Å². The number of ether oxygens (including phenoxy) is 1. The molecule has 0 spiro atoms. The summed E-state index contributed by atoms with van der Waals surface area (Å²) in [6, 6.07) is 0. The van der Waals surface area contributed by atoms with Crippen molar-refractivity contribution in [1.82, 2.24) is 0 Å². The summed E-state index contributed by atoms with van der Waals surface area (Å²) in [7, 11) is 0. The number of hydrogen-bond donors (Lipinski definition) is 1. The highest BCUT2D eigenvalue weighted by Crippen LogP contribution is 2.33. The molecular weight excluding hydrogens is 472 g/mol. The maximum Gasteiger partial charge on any atom is 0.344 e. The van der Waals surface area contributed by atoms with Gasteiger partial charge in [0, 0.05) is 6.42 Å². The molecule has 0 aromatic carbocycles. The van der Waals surface area contributed by atoms with Crippen molar-refractivity contribution in [1.29, 1.82) is 0 Å². The van der Waals surface area contributed by atoms with Crippen molar-refractivity contribution >= 4 is 11.9 Å². The minimum atomic E-state index is -0.988. The highest BCUT2D eigenvalue weighted by Gasteiger charge is 2.28. The van der Waals surface area contributed by atoms with E-state index < -0.39 is 11.9 Å². The zero-order valence-electron chi connectivity index (χ0n) is 23.9. The Kier molecular flexibility index (Phi) is 14.6. The van der Waals surface area contributed by atoms with Crippen LogP contribution in [0, 0.1) is 0 Å². The number of rotatable bonds is 5. The number of carbonyl (C=O) groups excluding carboxylic acids is 1. The molecule has 3 aliphatic rings. The standard InChI is InChI=1S/C34H52O4/c35-33(36)31(28-22-16-10-4-1-5-11-17-23-28)32(29-24-18-12-6-2-7-13-19-25-29)34(37)38-30-26-20-14-8-3-9-15-21-27-30/h22,24,26H,1-21,23,25,27H2,(H,35,36)/b28-22+,29-24+,30-26+,32-31+. The predicted molar refractivity (Wildman–Crippen MR) is 156 cm³/mol. The normalized spacial score (nSPS) is 26.6. The molecule has 0 radical (unpaired) electrons. The lowest BCUT2D eigenvalue weighted by Gasteiger charge is -2.20. The molecule has 3 rings (SSSR count). The Morgan fingerprint density at radius 3 is 1.39 bits per heavy atom. The number of carbonyl (C=O) groups is 2. The minimum Gasteiger partial charge on any atom is -0.478 e. The van der Waals surface area contributed by atoms with Crippen LogP contribution in [0.1, 0.15) is 154 Å². The Bertz CT molecular complexity index is 873. The van der Waals surface area contributed by atoms with Gasteiger partial charge in [-0.15, -0.1) is 0 Å². The summed E-state index contributed by atoms with van der Waals surface area (Å²) in [6.07, 6.45) is 31.9. The van der Waals surface area contributed by atoms with Crippen LogP contribution in [0.4, 0.5) is 0 Å². The van der Waals surface area contributed by atoms with Crippen molar-refractivity contribution in [3.63, 3.8) is 0 Å². The number of carboxylic acids is 1. The third-order valence-electron chi connectivity index (χ3n) is 8.37. The first-order chi connectivity index (χ1) is 18.7. The van der Waals surface area contributed by atoms with Crippen molar-refractivity contribution < 1.29 is 19.4 Å². The molecule has 0 bridgehead atoms. The molecule has 0 fully saturated rings. The Morgan fingerprint density at radius 2 is 0.895 bits per heavy atom. The van der Waals surface area contributed by atoms with Crippen LogP contribution in [-0.2, 0) is 14.3 Å². The van der Waals surface area contributed by atoms with E-state index in [9.17, 15) is 14.7 Å². The summed E-state index contributed by atoms with van der Waals surface area (Å²) in [5, 5.41) is 10.6. The van der Waals surface area contributed by atoms with E-state index in [2.05, 4.69) is 18.2 Å². The fourth-order valence-corrected chi connectivity index (χ4v) is 6.12. The molecule has 0 saturated carbocycles. The van der Waals surface area contributed by atoms with E-state index in [1.54, 1.807) is 0 Å². The van der Waals surface area contributed by atoms with Crippen LogP contribution in [0.15, 0.2) is 46.3 Å². The third kappa shape index (κ3) is 10.9. The number of esters is 1. The molecule has 1 N–H and O–H groups in total. The second-order valence-electron chi connectivity index (χ2n) is 11.6. The summed E-state index contributed by atoms with van der Waals surface area (Å²) >= 11 is 0. The van der Waals surface area contributed by atoms with Gasteiger partial charge in [-0.3, -0.25) is 0 Å². The van der Waals surface area contributed by atoms with E-state index in [1.165, 1.54) is 57.8 Å². The van der Waals surface area contributed by atoms with Crippen molar-refractivity contribution in [3.8, 4) is 0 Å². The topological polar surface area (TPSA) is 63.6 Å². The first-order valence-electron chi connectivity index (χ1n) is 15.9. The largest absolute Gasteiger partial charge is 0.478 e. The second-order valence-corrected chi connectivity index (χ2v) is 11.6. The Balaban J connectivity index is 2.02. The van der Waals surface area contributed by atoms with Gasteiger partial charge in [-0.25, -0.2) is 9.59 Å². The third-order valence-corrected chi connectivity index (χ3v) is 8.37. The zero-order valence-corrected chi connectivity index (χ0v) is 23.9. The molecule has 0 unspecified atom stereocenters. The van der Waals surface area contributed by atoms with Crippen LogP contribution in [0.25, 0.3) is 0 Å². The minimum absolute atomic E-state index is 0.208. The Labute approximate surface area is 231 Å². The van der Waals surface area contributed by atoms with E-state index in [1.807, 2.05) is 0 Å². The molecule has 0 saturated heterocycles. The fourth-order valence-electron chi connectivity index (χ4n) is 6.12. The maximum atomic E-state index is 14.0. The average molecular weight is 525 g/mol. The second kappa shape index (κ2) is 18.2. The van der Waals surface area contributed by atoms with Gasteiger partial charge in [-0.05, 0) is 87.9 Å². The van der Waals surface area contributed by atoms with E-state index in [0.717, 1.165) is 107 Å². The Morgan fingerprint density at radius 1 is 0.500 bits per heavy atom. The number of hydrogen-bond acceptors (Lipinski definition) is 3. The summed E-state index contributed by atoms with van der Waals surface area (Å²) < 4.78 is 6.12. The summed E-state index contributed by atoms with van der Waals surface area (Å²) in [5.74, 6) is -0.704. The summed E-state index contributed by atoms with van der Waals surface area (Å²) in [6.45, 7) is 0. The van der Waals surface area contributed by atoms with Gasteiger partial charge < -0.3 is 9.84 Å². The van der Waals surface area contributed by atoms with E-state index >= 15 is 0 Å². The van der Waals surface area contributed by atoms with Crippen LogP contribution in [0.2, 0.25) is 0 Å². The van der Waals surface area contributed by atoms with Crippen LogP contribution in [0.5, 0.6) is 0 Å². The summed E-state index contributed by atoms with van der Waals surface area (Å²) in [4.78, 5) is 27.0. The van der Waals surface area contributed by atoms with Crippen LogP contribution >= 0.6 is 0 Å². The van der Waals surface area contributed by atoms with Gasteiger partial charge in [-0.2, -0.15) is 0 Å². The molecule has 0 aromatic heterocycles. The molecule has 38 heavy (non-hydrogen) atoms. The molecule has 0 atom stereocenters. The predicted octanol–water partition coefficient (Wildman–Crippen LogP) is 10.1. The number of aliphatic carboxylic acids is 1. The van der Waals surface area contributed by atoms with E-state index in [-0.39, 0.29) is 5.57 Å². The Hall–Kier alpha value is -2.10. The molecule has 4 heteroatoms. The average Bonchev–Trinajstić information content (AvgIpc) is 2.92. The highest BCUT2D eigenvalue weighted by molar-refractivity contribution is 6.06. The lowest BCUT2D eigenvalue weighted by atomic mass is 9.87. The molecule has 0 heterocycles. The van der Waals surface area contributed by atoms with Crippen LogP contribution < -0.4 is 0 Å². The smallest absolute Gasteiger partial charge is 0.344 e. The first kappa shape index (κ1) is 30.4. The van der Waals surface area contributed by atoms with Crippen molar-refractivity contribution in [3.05, 3.63) is 46.3 Å². The lowest BCUT2D eigenvalue weighted by molar-refractivity contribution is -0.137. The first-order valence-corrected chi connectivity index (χ1v) is 15.9. The number of carboxylic acid groups (broad SMARTS) is 1. The van der Waals surface area contributed by atoms with Crippen molar-refractivity contribution in [2.24, 2.45) is 0 Å². The van der Waals surface area contributed by atoms with Crippen LogP contribution in [-0.4, -0.2) is 17.0 Å². The molecule has 3 aliphatic carbocycles. The maximum absolute atomic E-state index is 14.0. The van der Waals surface area contributed by atoms with Gasteiger partial charge in [0.15, 0.2) is 0 Å². The van der Waals surface area contributed by atoms with E-state index in [0.29, 0.717) is 12.0 Å². The van der Waals surface area contributed by atoms with E-state index in [4.69, 9.17) is 4.74 Å². The van der Waals surface area contributed by atoms with Gasteiger partial charge in [0.05, 0.1) is 11.1 Å². The monoisotopic (exact) mass is 524 g/mol. The fraction of sp³-hybridized carbons (Fsp3) is 0.706. The van der Waals surface area contributed by atoms with Gasteiger partial charge in [0.2, 0.25) is 0 Å². The van der Waals surface area contributed by atoms with Crippen molar-refractivity contribution in [2.75, 3.05) is 0 Å².